The van der Waals surface area contributed by atoms with E-state index >= 15 is 0 Å². The van der Waals surface area contributed by atoms with Gasteiger partial charge in [0.25, 0.3) is 0 Å². The second kappa shape index (κ2) is 14.4. The van der Waals surface area contributed by atoms with Gasteiger partial charge < -0.3 is 20.2 Å². The fourth-order valence-electron chi connectivity index (χ4n) is 6.45. The number of hydrogen-bond donors (Lipinski definition) is 3. The molecule has 248 valence electrons. The molecule has 0 amide bonds. The first-order valence-corrected chi connectivity index (χ1v) is 17.6. The molecule has 0 aliphatic carbocycles. The molecule has 4 heterocycles. The number of nitrogens with one attached hydrogen (secondary N) is 1. The molecule has 4 N–H and O–H groups in total. The maximum Gasteiger partial charge on any atom is 0.393 e. The second-order valence-electron chi connectivity index (χ2n) is 12.4. The summed E-state index contributed by atoms with van der Waals surface area (Å²) in [5.74, 6) is 1.50. The number of nitrogens with two attached hydrogens (primary N) is 1. The van der Waals surface area contributed by atoms with Gasteiger partial charge in [0.1, 0.15) is 28.2 Å². The number of anilines is 1. The SMILES string of the molecule is Cc1nc(NC2CCN(Cc3ccc4c(cc(C#N)n4C[C@H](C)C(CN)CCS(=O)O)c3C)CC2)c2cc(CC(F)(F)F)sc2n1. The maximum atomic E-state index is 13.0. The summed E-state index contributed by atoms with van der Waals surface area (Å²) in [6, 6.07) is 10.2. The molecule has 46 heavy (non-hydrogen) atoms. The largest absolute Gasteiger partial charge is 0.393 e. The van der Waals surface area contributed by atoms with E-state index < -0.39 is 23.7 Å². The fraction of sp³-hybridized carbons (Fsp3) is 0.531. The Kier molecular flexibility index (Phi) is 10.7. The smallest absolute Gasteiger partial charge is 0.367 e. The summed E-state index contributed by atoms with van der Waals surface area (Å²) in [5, 5.41) is 15.1. The monoisotopic (exact) mass is 675 g/mol. The van der Waals surface area contributed by atoms with Crippen LogP contribution in [0.1, 0.15) is 53.7 Å². The molecule has 1 aliphatic heterocycles. The molecule has 1 fully saturated rings. The summed E-state index contributed by atoms with van der Waals surface area (Å²) < 4.78 is 61.5. The summed E-state index contributed by atoms with van der Waals surface area (Å²) >= 11 is -0.791. The zero-order chi connectivity index (χ0) is 33.2. The molecule has 0 radical (unpaired) electrons. The summed E-state index contributed by atoms with van der Waals surface area (Å²) in [7, 11) is 0. The van der Waals surface area contributed by atoms with Crippen molar-refractivity contribution in [3.8, 4) is 6.07 Å². The Hall–Kier alpha value is -3.09. The van der Waals surface area contributed by atoms with Crippen molar-refractivity contribution in [3.63, 3.8) is 0 Å². The van der Waals surface area contributed by atoms with Crippen LogP contribution >= 0.6 is 11.3 Å². The Morgan fingerprint density at radius 2 is 1.96 bits per heavy atom. The van der Waals surface area contributed by atoms with E-state index in [1.165, 1.54) is 5.56 Å². The Balaban J connectivity index is 1.24. The first kappa shape index (κ1) is 34.3. The number of hydrogen-bond acceptors (Lipinski definition) is 8. The van der Waals surface area contributed by atoms with Crippen LogP contribution in [0.5, 0.6) is 0 Å². The maximum absolute atomic E-state index is 13.0. The lowest BCUT2D eigenvalue weighted by atomic mass is 9.91. The zero-order valence-electron chi connectivity index (χ0n) is 26.2. The standard InChI is InChI=1S/C32H40F3N7O2S2/c1-19(22(15-36)8-11-46(43)44)17-42-25(16-37)12-27-20(2)23(4-5-29(27)42)18-41-9-6-24(7-10-41)40-30-28-13-26(14-32(33,34)35)45-31(28)39-21(3)38-30/h4-5,12-13,19,22,24H,6-11,14-15,17-18,36H2,1-3H3,(H,43,44)(H,38,39,40)/t19-,22?/m0/s1. The van der Waals surface area contributed by atoms with Crippen molar-refractivity contribution in [1.82, 2.24) is 19.4 Å². The zero-order valence-corrected chi connectivity index (χ0v) is 27.9. The highest BCUT2D eigenvalue weighted by Crippen LogP contribution is 2.34. The summed E-state index contributed by atoms with van der Waals surface area (Å²) in [5.41, 5.74) is 9.91. The van der Waals surface area contributed by atoms with Crippen molar-refractivity contribution in [2.75, 3.05) is 30.7 Å². The summed E-state index contributed by atoms with van der Waals surface area (Å²) in [6.45, 7) is 9.41. The molecule has 1 aromatic carbocycles. The van der Waals surface area contributed by atoms with E-state index in [4.69, 9.17) is 5.73 Å². The minimum Gasteiger partial charge on any atom is -0.367 e. The van der Waals surface area contributed by atoms with E-state index in [0.717, 1.165) is 60.3 Å². The molecule has 14 heteroatoms. The normalized spacial score (nSPS) is 16.9. The molecule has 4 aromatic rings. The molecule has 3 aromatic heterocycles. The van der Waals surface area contributed by atoms with Crippen LogP contribution in [0.25, 0.3) is 21.1 Å². The number of alkyl halides is 3. The molecule has 1 saturated heterocycles. The minimum atomic E-state index is -4.27. The molecule has 3 atom stereocenters. The highest BCUT2D eigenvalue weighted by molar-refractivity contribution is 7.79. The van der Waals surface area contributed by atoms with Gasteiger partial charge >= 0.3 is 6.18 Å². The minimum absolute atomic E-state index is 0.0689. The number of piperidine rings is 1. The molecule has 1 aliphatic rings. The van der Waals surface area contributed by atoms with Crippen molar-refractivity contribution >= 4 is 49.4 Å². The molecular formula is C32H40F3N7O2S2. The van der Waals surface area contributed by atoms with Crippen molar-refractivity contribution in [2.45, 2.75) is 71.8 Å². The summed E-state index contributed by atoms with van der Waals surface area (Å²) in [4.78, 5) is 12.1. The molecule has 5 rings (SSSR count). The number of likely N-dealkylation sites (tertiary alicyclic amines) is 1. The fourth-order valence-corrected chi connectivity index (χ4v) is 8.06. The third kappa shape index (κ3) is 8.06. The van der Waals surface area contributed by atoms with E-state index in [2.05, 4.69) is 52.2 Å². The molecule has 2 unspecified atom stereocenters. The number of aromatic nitrogens is 3. The van der Waals surface area contributed by atoms with Crippen LogP contribution in [-0.2, 0) is 30.6 Å². The number of benzene rings is 1. The Morgan fingerprint density at radius 1 is 1.22 bits per heavy atom. The number of aryl methyl sites for hydroxylation is 2. The molecule has 9 nitrogen and oxygen atoms in total. The molecule has 0 bridgehead atoms. The molecular weight excluding hydrogens is 636 g/mol. The van der Waals surface area contributed by atoms with E-state index in [1.54, 1.807) is 13.0 Å². The van der Waals surface area contributed by atoms with Crippen molar-refractivity contribution in [1.29, 1.82) is 5.26 Å². The number of nitriles is 1. The predicted octanol–water partition coefficient (Wildman–Crippen LogP) is 6.14. The topological polar surface area (TPSA) is 133 Å². The number of nitrogens with zero attached hydrogens (tertiary/aromatic N) is 5. The van der Waals surface area contributed by atoms with Crippen LogP contribution in [0.15, 0.2) is 24.3 Å². The van der Waals surface area contributed by atoms with Gasteiger partial charge in [0.15, 0.2) is 11.1 Å². The van der Waals surface area contributed by atoms with Gasteiger partial charge in [-0.3, -0.25) is 4.90 Å². The number of halogens is 3. The number of rotatable bonds is 12. The van der Waals surface area contributed by atoms with Crippen molar-refractivity contribution in [3.05, 3.63) is 51.8 Å². The Morgan fingerprint density at radius 3 is 2.61 bits per heavy atom. The highest BCUT2D eigenvalue weighted by Gasteiger charge is 2.30. The second-order valence-corrected chi connectivity index (χ2v) is 14.5. The van der Waals surface area contributed by atoms with Gasteiger partial charge in [0, 0.05) is 53.8 Å². The number of fused-ring (bicyclic) bond motifs is 2. The number of thiophene rings is 1. The van der Waals surface area contributed by atoms with Crippen LogP contribution in [0.4, 0.5) is 19.0 Å². The van der Waals surface area contributed by atoms with Gasteiger partial charge in [-0.05, 0) is 80.8 Å². The van der Waals surface area contributed by atoms with Gasteiger partial charge in [-0.2, -0.15) is 18.4 Å². The first-order valence-electron chi connectivity index (χ1n) is 15.5. The first-order chi connectivity index (χ1) is 21.8. The third-order valence-corrected chi connectivity index (χ3v) is 10.7. The van der Waals surface area contributed by atoms with Crippen LogP contribution in [0.2, 0.25) is 0 Å². The Bertz CT molecular complexity index is 1760. The average Bonchev–Trinajstić information content (AvgIpc) is 3.55. The average molecular weight is 676 g/mol. The molecule has 0 saturated carbocycles. The molecule has 0 spiro atoms. The summed E-state index contributed by atoms with van der Waals surface area (Å²) in [6.07, 6.45) is -2.96. The van der Waals surface area contributed by atoms with Gasteiger partial charge in [-0.25, -0.2) is 14.2 Å². The lowest BCUT2D eigenvalue weighted by Gasteiger charge is -2.33. The third-order valence-electron chi connectivity index (χ3n) is 9.08. The van der Waals surface area contributed by atoms with Gasteiger partial charge in [0.05, 0.1) is 11.8 Å². The Labute approximate surface area is 273 Å². The van der Waals surface area contributed by atoms with Crippen molar-refractivity contribution < 1.29 is 21.9 Å². The van der Waals surface area contributed by atoms with Gasteiger partial charge in [-0.1, -0.05) is 13.0 Å². The van der Waals surface area contributed by atoms with Crippen LogP contribution < -0.4 is 11.1 Å². The van der Waals surface area contributed by atoms with E-state index in [1.807, 2.05) is 10.6 Å². The van der Waals surface area contributed by atoms with Crippen LogP contribution in [0, 0.1) is 37.0 Å². The quantitative estimate of drug-likeness (QED) is 0.153. The van der Waals surface area contributed by atoms with Crippen molar-refractivity contribution in [2.24, 2.45) is 17.6 Å². The van der Waals surface area contributed by atoms with Crippen LogP contribution in [-0.4, -0.2) is 65.8 Å². The van der Waals surface area contributed by atoms with E-state index in [0.29, 0.717) is 47.1 Å². The highest BCUT2D eigenvalue weighted by atomic mass is 32.2. The van der Waals surface area contributed by atoms with Gasteiger partial charge in [0.2, 0.25) is 0 Å². The lowest BCUT2D eigenvalue weighted by Crippen LogP contribution is -2.39. The van der Waals surface area contributed by atoms with Crippen LogP contribution in [0.3, 0.4) is 0 Å². The van der Waals surface area contributed by atoms with Gasteiger partial charge in [-0.15, -0.1) is 11.3 Å². The predicted molar refractivity (Wildman–Crippen MR) is 177 cm³/mol. The van der Waals surface area contributed by atoms with E-state index in [9.17, 15) is 27.2 Å². The lowest BCUT2D eigenvalue weighted by molar-refractivity contribution is -0.126. The van der Waals surface area contributed by atoms with E-state index in [-0.39, 0.29) is 28.5 Å².